The monoisotopic (exact) mass is 311 g/mol. The Balaban J connectivity index is 1.92. The zero-order valence-electron chi connectivity index (χ0n) is 11.5. The third-order valence-electron chi connectivity index (χ3n) is 3.41. The molecule has 0 amide bonds. The Bertz CT molecular complexity index is 628. The molecule has 2 heterocycles. The fraction of sp³-hybridized carbons (Fsp3) is 0.429. The minimum Gasteiger partial charge on any atom is -0.380 e. The standard InChI is InChI=1S/C14H15ClFN3O2/c1-8-17-14(19-21-8)13(18-10-4-5-20-7-10)9-2-3-11(15)12(16)6-9/h2-3,6,10,13,18H,4-5,7H2,1H3/t10-,13+/m0/s1. The van der Waals surface area contributed by atoms with Crippen LogP contribution < -0.4 is 5.32 Å². The van der Waals surface area contributed by atoms with Crippen molar-refractivity contribution in [3.05, 3.63) is 46.3 Å². The van der Waals surface area contributed by atoms with Crippen LogP contribution in [0.1, 0.15) is 29.7 Å². The first kappa shape index (κ1) is 14.4. The van der Waals surface area contributed by atoms with Crippen LogP contribution in [0.4, 0.5) is 4.39 Å². The molecule has 2 atom stereocenters. The topological polar surface area (TPSA) is 60.2 Å². The average molecular weight is 312 g/mol. The molecule has 5 nitrogen and oxygen atoms in total. The van der Waals surface area contributed by atoms with Crippen LogP contribution in [0.2, 0.25) is 5.02 Å². The van der Waals surface area contributed by atoms with E-state index in [2.05, 4.69) is 15.5 Å². The maximum absolute atomic E-state index is 13.7. The van der Waals surface area contributed by atoms with Gasteiger partial charge in [-0.15, -0.1) is 0 Å². The molecule has 0 bridgehead atoms. The number of hydrogen-bond donors (Lipinski definition) is 1. The van der Waals surface area contributed by atoms with E-state index in [0.717, 1.165) is 6.42 Å². The van der Waals surface area contributed by atoms with E-state index >= 15 is 0 Å². The number of nitrogens with one attached hydrogen (secondary N) is 1. The molecule has 1 aromatic heterocycles. The minimum absolute atomic E-state index is 0.0889. The number of nitrogens with zero attached hydrogens (tertiary/aromatic N) is 2. The van der Waals surface area contributed by atoms with E-state index in [1.807, 2.05) is 0 Å². The van der Waals surface area contributed by atoms with E-state index in [0.29, 0.717) is 30.5 Å². The molecule has 1 aliphatic rings. The van der Waals surface area contributed by atoms with Crippen molar-refractivity contribution in [1.82, 2.24) is 15.5 Å². The van der Waals surface area contributed by atoms with Gasteiger partial charge in [-0.2, -0.15) is 4.98 Å². The molecule has 21 heavy (non-hydrogen) atoms. The zero-order chi connectivity index (χ0) is 14.8. The summed E-state index contributed by atoms with van der Waals surface area (Å²) in [5.74, 6) is 0.471. The molecule has 0 radical (unpaired) electrons. The summed E-state index contributed by atoms with van der Waals surface area (Å²) >= 11 is 5.74. The first-order valence-corrected chi connectivity index (χ1v) is 7.10. The van der Waals surface area contributed by atoms with Crippen molar-refractivity contribution >= 4 is 11.6 Å². The summed E-state index contributed by atoms with van der Waals surface area (Å²) in [6.45, 7) is 3.04. The second kappa shape index (κ2) is 6.09. The summed E-state index contributed by atoms with van der Waals surface area (Å²) < 4.78 is 24.1. The van der Waals surface area contributed by atoms with Crippen molar-refractivity contribution in [1.29, 1.82) is 0 Å². The Morgan fingerprint density at radius 1 is 1.48 bits per heavy atom. The fourth-order valence-corrected chi connectivity index (χ4v) is 2.46. The third kappa shape index (κ3) is 3.23. The van der Waals surface area contributed by atoms with Crippen molar-refractivity contribution in [3.8, 4) is 0 Å². The smallest absolute Gasteiger partial charge is 0.223 e. The first-order chi connectivity index (χ1) is 10.1. The van der Waals surface area contributed by atoms with Crippen LogP contribution in [0.3, 0.4) is 0 Å². The summed E-state index contributed by atoms with van der Waals surface area (Å²) in [7, 11) is 0. The average Bonchev–Trinajstić information content (AvgIpc) is 3.11. The predicted octanol–water partition coefficient (Wildman–Crippen LogP) is 2.64. The van der Waals surface area contributed by atoms with Crippen molar-refractivity contribution in [2.45, 2.75) is 25.4 Å². The van der Waals surface area contributed by atoms with Gasteiger partial charge in [0.05, 0.1) is 17.7 Å². The second-order valence-electron chi connectivity index (χ2n) is 5.01. The SMILES string of the molecule is Cc1nc([C@H](N[C@H]2CCOC2)c2ccc(Cl)c(F)c2)no1. The quantitative estimate of drug-likeness (QED) is 0.940. The van der Waals surface area contributed by atoms with Crippen LogP contribution >= 0.6 is 11.6 Å². The van der Waals surface area contributed by atoms with Gasteiger partial charge in [-0.05, 0) is 24.1 Å². The van der Waals surface area contributed by atoms with E-state index in [1.165, 1.54) is 12.1 Å². The highest BCUT2D eigenvalue weighted by Gasteiger charge is 2.26. The normalized spacial score (nSPS) is 19.9. The van der Waals surface area contributed by atoms with Crippen LogP contribution in [-0.4, -0.2) is 29.4 Å². The summed E-state index contributed by atoms with van der Waals surface area (Å²) in [6, 6.07) is 4.49. The minimum atomic E-state index is -0.469. The Kier molecular flexibility index (Phi) is 4.19. The van der Waals surface area contributed by atoms with Gasteiger partial charge in [-0.3, -0.25) is 5.32 Å². The molecular formula is C14H15ClFN3O2. The second-order valence-corrected chi connectivity index (χ2v) is 5.41. The fourth-order valence-electron chi connectivity index (χ4n) is 2.35. The summed E-state index contributed by atoms with van der Waals surface area (Å²) in [4.78, 5) is 4.25. The molecule has 0 aliphatic carbocycles. The van der Waals surface area contributed by atoms with Gasteiger partial charge in [0.25, 0.3) is 0 Å². The Labute approximate surface area is 126 Å². The lowest BCUT2D eigenvalue weighted by Gasteiger charge is -2.20. The van der Waals surface area contributed by atoms with Crippen LogP contribution in [0.25, 0.3) is 0 Å². The Morgan fingerprint density at radius 3 is 2.95 bits per heavy atom. The third-order valence-corrected chi connectivity index (χ3v) is 3.72. The summed E-state index contributed by atoms with van der Waals surface area (Å²) in [5.41, 5.74) is 0.699. The van der Waals surface area contributed by atoms with Crippen molar-refractivity contribution in [2.75, 3.05) is 13.2 Å². The van der Waals surface area contributed by atoms with Gasteiger partial charge in [0.15, 0.2) is 5.82 Å². The highest BCUT2D eigenvalue weighted by Crippen LogP contribution is 2.25. The van der Waals surface area contributed by atoms with Gasteiger partial charge in [0.2, 0.25) is 5.89 Å². The number of hydrogen-bond acceptors (Lipinski definition) is 5. The number of ether oxygens (including phenoxy) is 1. The first-order valence-electron chi connectivity index (χ1n) is 6.72. The molecular weight excluding hydrogens is 297 g/mol. The summed E-state index contributed by atoms with van der Waals surface area (Å²) in [6.07, 6.45) is 0.892. The molecule has 1 saturated heterocycles. The number of benzene rings is 1. The lowest BCUT2D eigenvalue weighted by Crippen LogP contribution is -2.34. The van der Waals surface area contributed by atoms with Crippen LogP contribution in [0, 0.1) is 12.7 Å². The molecule has 7 heteroatoms. The molecule has 2 aromatic rings. The molecule has 0 unspecified atom stereocenters. The maximum Gasteiger partial charge on any atom is 0.223 e. The number of aromatic nitrogens is 2. The highest BCUT2D eigenvalue weighted by atomic mass is 35.5. The van der Waals surface area contributed by atoms with Crippen molar-refractivity contribution in [3.63, 3.8) is 0 Å². The van der Waals surface area contributed by atoms with Gasteiger partial charge in [-0.25, -0.2) is 4.39 Å². The van der Waals surface area contributed by atoms with Crippen LogP contribution in [-0.2, 0) is 4.74 Å². The number of halogens is 2. The molecule has 1 aliphatic heterocycles. The molecule has 0 spiro atoms. The van der Waals surface area contributed by atoms with E-state index in [-0.39, 0.29) is 17.1 Å². The number of aryl methyl sites for hydroxylation is 1. The predicted molar refractivity (Wildman–Crippen MR) is 74.6 cm³/mol. The van der Waals surface area contributed by atoms with Crippen LogP contribution in [0.15, 0.2) is 22.7 Å². The molecule has 1 N–H and O–H groups in total. The van der Waals surface area contributed by atoms with Gasteiger partial charge in [0.1, 0.15) is 5.82 Å². The number of rotatable bonds is 4. The van der Waals surface area contributed by atoms with E-state index in [4.69, 9.17) is 20.9 Å². The van der Waals surface area contributed by atoms with Gasteiger partial charge in [-0.1, -0.05) is 22.8 Å². The van der Waals surface area contributed by atoms with Gasteiger partial charge in [0, 0.05) is 19.6 Å². The lowest BCUT2D eigenvalue weighted by molar-refractivity contribution is 0.188. The van der Waals surface area contributed by atoms with Crippen molar-refractivity contribution < 1.29 is 13.7 Å². The van der Waals surface area contributed by atoms with Gasteiger partial charge >= 0.3 is 0 Å². The lowest BCUT2D eigenvalue weighted by atomic mass is 10.0. The molecule has 1 fully saturated rings. The van der Waals surface area contributed by atoms with E-state index in [1.54, 1.807) is 13.0 Å². The Hall–Kier alpha value is -1.50. The molecule has 3 rings (SSSR count). The largest absolute Gasteiger partial charge is 0.380 e. The molecule has 1 aromatic carbocycles. The molecule has 0 saturated carbocycles. The summed E-state index contributed by atoms with van der Waals surface area (Å²) in [5, 5.41) is 7.42. The highest BCUT2D eigenvalue weighted by molar-refractivity contribution is 6.30. The van der Waals surface area contributed by atoms with E-state index < -0.39 is 5.82 Å². The zero-order valence-corrected chi connectivity index (χ0v) is 12.2. The Morgan fingerprint density at radius 2 is 2.33 bits per heavy atom. The molecule has 112 valence electrons. The van der Waals surface area contributed by atoms with Crippen molar-refractivity contribution in [2.24, 2.45) is 0 Å². The van der Waals surface area contributed by atoms with Gasteiger partial charge < -0.3 is 9.26 Å². The van der Waals surface area contributed by atoms with Crippen LogP contribution in [0.5, 0.6) is 0 Å². The van der Waals surface area contributed by atoms with E-state index in [9.17, 15) is 4.39 Å². The maximum atomic E-state index is 13.7.